The van der Waals surface area contributed by atoms with Crippen molar-refractivity contribution < 1.29 is 28.7 Å². The Morgan fingerprint density at radius 2 is 1.76 bits per heavy atom. The summed E-state index contributed by atoms with van der Waals surface area (Å²) in [6, 6.07) is 6.67. The number of esters is 1. The number of hydrogen-bond acceptors (Lipinski definition) is 6. The molecule has 3 amide bonds. The van der Waals surface area contributed by atoms with Crippen molar-refractivity contribution in [3.63, 3.8) is 0 Å². The minimum atomic E-state index is -0.907. The van der Waals surface area contributed by atoms with E-state index in [-0.39, 0.29) is 19.4 Å². The number of hydrazine groups is 1. The molecular formula is C19H26ClN3O6. The molecule has 0 aliphatic heterocycles. The van der Waals surface area contributed by atoms with Gasteiger partial charge in [0.1, 0.15) is 12.1 Å². The van der Waals surface area contributed by atoms with Crippen LogP contribution in [0, 0.1) is 0 Å². The molecular weight excluding hydrogens is 402 g/mol. The Hall–Kier alpha value is -2.81. The Morgan fingerprint density at radius 3 is 2.34 bits per heavy atom. The van der Waals surface area contributed by atoms with Gasteiger partial charge in [0.2, 0.25) is 11.8 Å². The van der Waals surface area contributed by atoms with Gasteiger partial charge >= 0.3 is 12.1 Å². The van der Waals surface area contributed by atoms with Crippen molar-refractivity contribution in [2.24, 2.45) is 0 Å². The molecule has 10 heteroatoms. The Bertz CT molecular complexity index is 748. The number of nitrogens with one attached hydrogen (secondary N) is 2. The zero-order valence-electron chi connectivity index (χ0n) is 16.9. The molecule has 1 rings (SSSR count). The lowest BCUT2D eigenvalue weighted by atomic mass is 10.2. The van der Waals surface area contributed by atoms with Crippen LogP contribution >= 0.6 is 11.6 Å². The number of anilines is 1. The van der Waals surface area contributed by atoms with Gasteiger partial charge in [-0.05, 0) is 39.8 Å². The van der Waals surface area contributed by atoms with Crippen LogP contribution in [0.2, 0.25) is 5.02 Å². The van der Waals surface area contributed by atoms with Gasteiger partial charge in [0.15, 0.2) is 0 Å². The molecule has 0 spiro atoms. The first kappa shape index (κ1) is 24.2. The molecule has 0 aliphatic carbocycles. The molecule has 0 saturated carbocycles. The van der Waals surface area contributed by atoms with Gasteiger partial charge in [-0.15, -0.1) is 0 Å². The first-order valence-corrected chi connectivity index (χ1v) is 9.39. The van der Waals surface area contributed by atoms with Crippen LogP contribution in [0.15, 0.2) is 24.3 Å². The smallest absolute Gasteiger partial charge is 0.426 e. The van der Waals surface area contributed by atoms with Crippen molar-refractivity contribution in [1.29, 1.82) is 0 Å². The summed E-state index contributed by atoms with van der Waals surface area (Å²) in [5.41, 5.74) is 1.84. The summed E-state index contributed by atoms with van der Waals surface area (Å²) in [5, 5.41) is 3.73. The highest BCUT2D eigenvalue weighted by molar-refractivity contribution is 6.33. The largest absolute Gasteiger partial charge is 0.465 e. The second-order valence-corrected chi connectivity index (χ2v) is 7.33. The zero-order valence-corrected chi connectivity index (χ0v) is 17.7. The molecule has 1 aromatic rings. The Balaban J connectivity index is 2.69. The Morgan fingerprint density at radius 1 is 1.10 bits per heavy atom. The molecule has 0 saturated heterocycles. The highest BCUT2D eigenvalue weighted by Gasteiger charge is 2.24. The van der Waals surface area contributed by atoms with E-state index in [0.717, 1.165) is 5.01 Å². The van der Waals surface area contributed by atoms with Crippen LogP contribution in [0.5, 0.6) is 0 Å². The third-order valence-corrected chi connectivity index (χ3v) is 3.56. The molecule has 0 aliphatic rings. The number of amides is 3. The summed E-state index contributed by atoms with van der Waals surface area (Å²) in [5.74, 6) is -1.81. The molecule has 0 aromatic heterocycles. The lowest BCUT2D eigenvalue weighted by molar-refractivity contribution is -0.150. The molecule has 2 N–H and O–H groups in total. The number of carbonyl (C=O) groups is 4. The van der Waals surface area contributed by atoms with Gasteiger partial charge in [-0.3, -0.25) is 14.4 Å². The van der Waals surface area contributed by atoms with E-state index in [1.807, 2.05) is 0 Å². The minimum Gasteiger partial charge on any atom is -0.465 e. The molecule has 9 nitrogen and oxygen atoms in total. The van der Waals surface area contributed by atoms with Crippen LogP contribution in [-0.4, -0.2) is 47.6 Å². The summed E-state index contributed by atoms with van der Waals surface area (Å²) in [6.07, 6.45) is -1.35. The first-order chi connectivity index (χ1) is 13.5. The van der Waals surface area contributed by atoms with E-state index >= 15 is 0 Å². The van der Waals surface area contributed by atoms with Crippen molar-refractivity contribution in [3.05, 3.63) is 29.3 Å². The average molecular weight is 428 g/mol. The van der Waals surface area contributed by atoms with E-state index in [1.54, 1.807) is 52.0 Å². The van der Waals surface area contributed by atoms with E-state index in [0.29, 0.717) is 10.7 Å². The fourth-order valence-electron chi connectivity index (χ4n) is 2.07. The summed E-state index contributed by atoms with van der Waals surface area (Å²) in [6.45, 7) is 6.19. The molecule has 29 heavy (non-hydrogen) atoms. The molecule has 160 valence electrons. The molecule has 1 aromatic carbocycles. The molecule has 0 radical (unpaired) electrons. The summed E-state index contributed by atoms with van der Waals surface area (Å²) >= 11 is 5.98. The number of ether oxygens (including phenoxy) is 2. The quantitative estimate of drug-likeness (QED) is 0.510. The third-order valence-electron chi connectivity index (χ3n) is 3.23. The van der Waals surface area contributed by atoms with E-state index in [4.69, 9.17) is 21.1 Å². The number of benzene rings is 1. The van der Waals surface area contributed by atoms with Gasteiger partial charge in [0.25, 0.3) is 0 Å². The second kappa shape index (κ2) is 11.3. The van der Waals surface area contributed by atoms with Crippen molar-refractivity contribution in [2.45, 2.75) is 46.1 Å². The average Bonchev–Trinajstić information content (AvgIpc) is 2.59. The number of para-hydroxylation sites is 1. The fraction of sp³-hybridized carbons (Fsp3) is 0.474. The van der Waals surface area contributed by atoms with E-state index in [1.165, 1.54) is 0 Å². The second-order valence-electron chi connectivity index (χ2n) is 6.93. The third kappa shape index (κ3) is 9.79. The first-order valence-electron chi connectivity index (χ1n) is 9.02. The highest BCUT2D eigenvalue weighted by atomic mass is 35.5. The van der Waals surface area contributed by atoms with Gasteiger partial charge in [-0.1, -0.05) is 23.7 Å². The van der Waals surface area contributed by atoms with Crippen LogP contribution in [0.3, 0.4) is 0 Å². The topological polar surface area (TPSA) is 114 Å². The number of carbonyl (C=O) groups excluding carboxylic acids is 4. The van der Waals surface area contributed by atoms with Crippen LogP contribution in [0.1, 0.15) is 40.5 Å². The predicted octanol–water partition coefficient (Wildman–Crippen LogP) is 2.89. The Kier molecular flexibility index (Phi) is 9.40. The molecule has 0 fully saturated rings. The lowest BCUT2D eigenvalue weighted by Gasteiger charge is -2.25. The van der Waals surface area contributed by atoms with Crippen molar-refractivity contribution in [2.75, 3.05) is 18.5 Å². The van der Waals surface area contributed by atoms with Gasteiger partial charge in [-0.2, -0.15) is 0 Å². The van der Waals surface area contributed by atoms with Crippen molar-refractivity contribution in [3.8, 4) is 0 Å². The van der Waals surface area contributed by atoms with E-state index in [9.17, 15) is 19.2 Å². The van der Waals surface area contributed by atoms with Crippen LogP contribution in [-0.2, 0) is 23.9 Å². The standard InChI is InChI=1S/C19H26ClN3O6/c1-5-28-17(26)12-23(22-18(27)29-19(2,3)4)16(25)11-10-15(24)21-14-9-7-6-8-13(14)20/h6-9H,5,10-12H2,1-4H3,(H,21,24)(H,22,27). The number of hydrogen-bond donors (Lipinski definition) is 2. The summed E-state index contributed by atoms with van der Waals surface area (Å²) in [4.78, 5) is 48.2. The summed E-state index contributed by atoms with van der Waals surface area (Å²) in [7, 11) is 0. The monoisotopic (exact) mass is 427 g/mol. The van der Waals surface area contributed by atoms with E-state index in [2.05, 4.69) is 10.7 Å². The minimum absolute atomic E-state index is 0.119. The van der Waals surface area contributed by atoms with Gasteiger partial charge in [-0.25, -0.2) is 15.2 Å². The maximum Gasteiger partial charge on any atom is 0.426 e. The zero-order chi connectivity index (χ0) is 22.0. The normalized spacial score (nSPS) is 10.7. The van der Waals surface area contributed by atoms with Crippen molar-refractivity contribution >= 4 is 41.2 Å². The van der Waals surface area contributed by atoms with E-state index < -0.39 is 36.0 Å². The number of nitrogens with zero attached hydrogens (tertiary/aromatic N) is 1. The molecule has 0 heterocycles. The van der Waals surface area contributed by atoms with Crippen LogP contribution < -0.4 is 10.7 Å². The lowest BCUT2D eigenvalue weighted by Crippen LogP contribution is -2.50. The number of rotatable bonds is 7. The highest BCUT2D eigenvalue weighted by Crippen LogP contribution is 2.20. The maximum atomic E-state index is 12.4. The maximum absolute atomic E-state index is 12.4. The van der Waals surface area contributed by atoms with Crippen LogP contribution in [0.25, 0.3) is 0 Å². The Labute approximate surface area is 174 Å². The van der Waals surface area contributed by atoms with Gasteiger partial charge in [0, 0.05) is 12.8 Å². The predicted molar refractivity (Wildman–Crippen MR) is 107 cm³/mol. The van der Waals surface area contributed by atoms with Crippen molar-refractivity contribution in [1.82, 2.24) is 10.4 Å². The fourth-order valence-corrected chi connectivity index (χ4v) is 2.25. The summed E-state index contributed by atoms with van der Waals surface area (Å²) < 4.78 is 9.89. The van der Waals surface area contributed by atoms with Gasteiger partial charge in [0.05, 0.1) is 17.3 Å². The number of halogens is 1. The molecule has 0 unspecified atom stereocenters. The molecule has 0 bridgehead atoms. The molecule has 0 atom stereocenters. The SMILES string of the molecule is CCOC(=O)CN(NC(=O)OC(C)(C)C)C(=O)CCC(=O)Nc1ccccc1Cl. The van der Waals surface area contributed by atoms with Crippen LogP contribution in [0.4, 0.5) is 10.5 Å². The van der Waals surface area contributed by atoms with Gasteiger partial charge < -0.3 is 14.8 Å².